The van der Waals surface area contributed by atoms with Crippen LogP contribution >= 0.6 is 0 Å². The number of pyridine rings is 1. The van der Waals surface area contributed by atoms with Crippen LogP contribution in [-0.4, -0.2) is 23.1 Å². The number of carbonyl (C=O) groups excluding carboxylic acids is 1. The summed E-state index contributed by atoms with van der Waals surface area (Å²) < 4.78 is 11.7. The third kappa shape index (κ3) is 4.17. The zero-order valence-corrected chi connectivity index (χ0v) is 17.5. The van der Waals surface area contributed by atoms with Gasteiger partial charge in [0, 0.05) is 29.1 Å². The van der Waals surface area contributed by atoms with Crippen LogP contribution in [0.25, 0.3) is 10.9 Å². The molecule has 2 N–H and O–H groups in total. The molecule has 6 heteroatoms. The molecule has 156 valence electrons. The first-order valence-corrected chi connectivity index (χ1v) is 10.2. The molecule has 0 saturated carbocycles. The summed E-state index contributed by atoms with van der Waals surface area (Å²) in [7, 11) is 0. The number of rotatable bonds is 6. The van der Waals surface area contributed by atoms with E-state index < -0.39 is 0 Å². The van der Waals surface area contributed by atoms with Gasteiger partial charge in [0.15, 0.2) is 18.1 Å². The minimum absolute atomic E-state index is 0.134. The number of benzene rings is 2. The quantitative estimate of drug-likeness (QED) is 0.643. The largest absolute Gasteiger partial charge is 0.483 e. The predicted octanol–water partition coefficient (Wildman–Crippen LogP) is 4.21. The van der Waals surface area contributed by atoms with Crippen molar-refractivity contribution in [3.63, 3.8) is 0 Å². The Morgan fingerprint density at radius 1 is 1.23 bits per heavy atom. The van der Waals surface area contributed by atoms with Crippen LogP contribution < -0.4 is 20.3 Å². The Morgan fingerprint density at radius 2 is 2.07 bits per heavy atom. The summed E-state index contributed by atoms with van der Waals surface area (Å²) in [6, 6.07) is 12.9. The number of H-pyrrole nitrogens is 1. The topological polar surface area (TPSA) is 80.4 Å². The summed E-state index contributed by atoms with van der Waals surface area (Å²) in [5, 5.41) is 3.82. The molecule has 1 aliphatic heterocycles. The van der Waals surface area contributed by atoms with Gasteiger partial charge in [-0.05, 0) is 44.0 Å². The van der Waals surface area contributed by atoms with E-state index in [1.165, 1.54) is 0 Å². The maximum absolute atomic E-state index is 12.4. The van der Waals surface area contributed by atoms with E-state index in [1.807, 2.05) is 44.2 Å². The molecule has 1 amide bonds. The first kappa shape index (κ1) is 20.0. The molecule has 1 aliphatic rings. The molecule has 0 spiro atoms. The third-order valence-electron chi connectivity index (χ3n) is 5.15. The van der Waals surface area contributed by atoms with Gasteiger partial charge in [-0.25, -0.2) is 0 Å². The molecule has 30 heavy (non-hydrogen) atoms. The van der Waals surface area contributed by atoms with Crippen molar-refractivity contribution < 1.29 is 14.3 Å². The smallest absolute Gasteiger partial charge is 0.262 e. The monoisotopic (exact) mass is 406 g/mol. The Kier molecular flexibility index (Phi) is 5.24. The third-order valence-corrected chi connectivity index (χ3v) is 5.15. The molecule has 3 aromatic rings. The molecule has 0 bridgehead atoms. The number of para-hydroxylation sites is 1. The number of fused-ring (bicyclic) bond motifs is 2. The molecule has 2 aromatic carbocycles. The van der Waals surface area contributed by atoms with Crippen LogP contribution in [0.15, 0.2) is 47.3 Å². The normalized spacial score (nSPS) is 14.2. The Hall–Kier alpha value is -3.28. The van der Waals surface area contributed by atoms with Crippen LogP contribution in [0.1, 0.15) is 38.3 Å². The highest BCUT2D eigenvalue weighted by Crippen LogP contribution is 2.41. The van der Waals surface area contributed by atoms with Gasteiger partial charge in [-0.15, -0.1) is 0 Å². The van der Waals surface area contributed by atoms with Gasteiger partial charge >= 0.3 is 0 Å². The molecule has 1 aromatic heterocycles. The van der Waals surface area contributed by atoms with E-state index in [2.05, 4.69) is 17.2 Å². The second kappa shape index (κ2) is 7.86. The molecule has 0 unspecified atom stereocenters. The fourth-order valence-corrected chi connectivity index (χ4v) is 3.93. The molecular weight excluding hydrogens is 380 g/mol. The van der Waals surface area contributed by atoms with Gasteiger partial charge in [-0.3, -0.25) is 9.59 Å². The number of carbonyl (C=O) groups is 1. The van der Waals surface area contributed by atoms with Gasteiger partial charge < -0.3 is 19.8 Å². The Bertz CT molecular complexity index is 1160. The summed E-state index contributed by atoms with van der Waals surface area (Å²) in [6.45, 7) is 6.00. The molecular formula is C24H26N2O4. The van der Waals surface area contributed by atoms with E-state index in [0.717, 1.165) is 35.8 Å². The maximum atomic E-state index is 12.4. The minimum atomic E-state index is -0.281. The van der Waals surface area contributed by atoms with Crippen molar-refractivity contribution in [2.75, 3.05) is 11.9 Å². The van der Waals surface area contributed by atoms with Crippen molar-refractivity contribution in [2.45, 2.75) is 45.6 Å². The number of hydrogen-bond donors (Lipinski definition) is 2. The van der Waals surface area contributed by atoms with E-state index in [0.29, 0.717) is 22.7 Å². The van der Waals surface area contributed by atoms with Gasteiger partial charge in [0.25, 0.3) is 5.91 Å². The molecule has 2 heterocycles. The lowest BCUT2D eigenvalue weighted by Crippen LogP contribution is -2.25. The molecule has 0 atom stereocenters. The Labute approximate surface area is 175 Å². The number of ether oxygens (including phenoxy) is 2. The maximum Gasteiger partial charge on any atom is 0.262 e. The Morgan fingerprint density at radius 3 is 2.87 bits per heavy atom. The van der Waals surface area contributed by atoms with Crippen molar-refractivity contribution in [1.82, 2.24) is 4.98 Å². The molecule has 0 saturated heterocycles. The minimum Gasteiger partial charge on any atom is -0.483 e. The molecule has 0 fully saturated rings. The van der Waals surface area contributed by atoms with Crippen LogP contribution in [-0.2, 0) is 17.6 Å². The molecule has 6 nitrogen and oxygen atoms in total. The summed E-state index contributed by atoms with van der Waals surface area (Å²) in [6.07, 6.45) is 2.60. The number of anilines is 1. The summed E-state index contributed by atoms with van der Waals surface area (Å²) in [5.74, 6) is 0.999. The summed E-state index contributed by atoms with van der Waals surface area (Å²) in [4.78, 5) is 27.2. The second-order valence-corrected chi connectivity index (χ2v) is 8.29. The van der Waals surface area contributed by atoms with Crippen molar-refractivity contribution in [1.29, 1.82) is 0 Å². The van der Waals surface area contributed by atoms with E-state index in [1.54, 1.807) is 12.1 Å². The van der Waals surface area contributed by atoms with Crippen molar-refractivity contribution in [2.24, 2.45) is 0 Å². The second-order valence-electron chi connectivity index (χ2n) is 8.29. The van der Waals surface area contributed by atoms with Crippen LogP contribution in [0, 0.1) is 0 Å². The summed E-state index contributed by atoms with van der Waals surface area (Å²) >= 11 is 0. The van der Waals surface area contributed by atoms with Crippen LogP contribution in [0.5, 0.6) is 11.5 Å². The number of hydrogen-bond acceptors (Lipinski definition) is 4. The van der Waals surface area contributed by atoms with Gasteiger partial charge in [0.05, 0.1) is 5.52 Å². The fraction of sp³-hybridized carbons (Fsp3) is 0.333. The average Bonchev–Trinajstić information content (AvgIpc) is 3.00. The number of aromatic nitrogens is 1. The van der Waals surface area contributed by atoms with E-state index in [-0.39, 0.29) is 23.7 Å². The first-order chi connectivity index (χ1) is 14.3. The fourth-order valence-electron chi connectivity index (χ4n) is 3.93. The highest BCUT2D eigenvalue weighted by Gasteiger charge is 2.32. The highest BCUT2D eigenvalue weighted by molar-refractivity contribution is 5.95. The predicted molar refractivity (Wildman–Crippen MR) is 118 cm³/mol. The van der Waals surface area contributed by atoms with Crippen molar-refractivity contribution in [3.8, 4) is 11.5 Å². The lowest BCUT2D eigenvalue weighted by molar-refractivity contribution is -0.118. The number of nitrogens with one attached hydrogen (secondary N) is 2. The van der Waals surface area contributed by atoms with Crippen LogP contribution in [0.4, 0.5) is 5.69 Å². The zero-order valence-electron chi connectivity index (χ0n) is 17.5. The first-order valence-electron chi connectivity index (χ1n) is 10.2. The van der Waals surface area contributed by atoms with Crippen LogP contribution in [0.3, 0.4) is 0 Å². The van der Waals surface area contributed by atoms with E-state index in [4.69, 9.17) is 9.47 Å². The average molecular weight is 406 g/mol. The standard InChI is InChI=1S/C24H26N2O4/c1-4-6-15-11-21(27)26-19-12-17(9-10-18(15)19)25-22(28)14-29-20-8-5-7-16-13-24(2,3)30-23(16)20/h5,7-12H,4,6,13-14H2,1-3H3,(H,25,28)(H,26,27). The van der Waals surface area contributed by atoms with Gasteiger partial charge in [-0.1, -0.05) is 31.5 Å². The SMILES string of the molecule is CCCc1cc(=O)[nH]c2cc(NC(=O)COc3cccc4c3OC(C)(C)C4)ccc12. The van der Waals surface area contributed by atoms with Crippen molar-refractivity contribution >= 4 is 22.5 Å². The molecule has 4 rings (SSSR count). The van der Waals surface area contributed by atoms with E-state index in [9.17, 15) is 9.59 Å². The van der Waals surface area contributed by atoms with Crippen molar-refractivity contribution in [3.05, 3.63) is 63.9 Å². The summed E-state index contributed by atoms with van der Waals surface area (Å²) in [5.41, 5.74) is 3.00. The number of aromatic amines is 1. The zero-order chi connectivity index (χ0) is 21.3. The van der Waals surface area contributed by atoms with Crippen LogP contribution in [0.2, 0.25) is 0 Å². The molecule has 0 radical (unpaired) electrons. The lowest BCUT2D eigenvalue weighted by atomic mass is 10.0. The number of amides is 1. The van der Waals surface area contributed by atoms with Gasteiger partial charge in [-0.2, -0.15) is 0 Å². The molecule has 0 aliphatic carbocycles. The van der Waals surface area contributed by atoms with Gasteiger partial charge in [0.1, 0.15) is 5.60 Å². The Balaban J connectivity index is 1.46. The van der Waals surface area contributed by atoms with E-state index >= 15 is 0 Å². The highest BCUT2D eigenvalue weighted by atomic mass is 16.5. The number of aryl methyl sites for hydroxylation is 1. The van der Waals surface area contributed by atoms with Gasteiger partial charge in [0.2, 0.25) is 5.56 Å². The lowest BCUT2D eigenvalue weighted by Gasteiger charge is -2.18.